The van der Waals surface area contributed by atoms with Gasteiger partial charge in [0.2, 0.25) is 0 Å². The van der Waals surface area contributed by atoms with Gasteiger partial charge in [-0.1, -0.05) is 19.1 Å². The molecule has 3 heteroatoms. The van der Waals surface area contributed by atoms with Crippen molar-refractivity contribution < 1.29 is 9.90 Å². The summed E-state index contributed by atoms with van der Waals surface area (Å²) in [5.74, 6) is -0.439. The van der Waals surface area contributed by atoms with E-state index in [1.807, 2.05) is 24.3 Å². The second-order valence-corrected chi connectivity index (χ2v) is 4.35. The maximum absolute atomic E-state index is 11.0. The maximum atomic E-state index is 11.0. The van der Waals surface area contributed by atoms with Gasteiger partial charge in [-0.3, -0.25) is 0 Å². The van der Waals surface area contributed by atoms with Crippen molar-refractivity contribution in [1.82, 2.24) is 0 Å². The number of anilines is 1. The number of hydrogen-bond acceptors (Lipinski definition) is 2. The summed E-state index contributed by atoms with van der Waals surface area (Å²) in [4.78, 5) is 11.0. The Kier molecular flexibility index (Phi) is 3.13. The van der Waals surface area contributed by atoms with Gasteiger partial charge in [0.1, 0.15) is 6.04 Å². The third-order valence-corrected chi connectivity index (χ3v) is 3.04. The predicted molar refractivity (Wildman–Crippen MR) is 63.6 cm³/mol. The first-order valence-corrected chi connectivity index (χ1v) is 5.79. The highest BCUT2D eigenvalue weighted by molar-refractivity contribution is 5.78. The Bertz CT molecular complexity index is 368. The van der Waals surface area contributed by atoms with E-state index in [-0.39, 0.29) is 0 Å². The zero-order valence-corrected chi connectivity index (χ0v) is 9.44. The minimum atomic E-state index is -0.748. The van der Waals surface area contributed by atoms with Gasteiger partial charge in [-0.15, -0.1) is 0 Å². The van der Waals surface area contributed by atoms with Crippen LogP contribution in [0.4, 0.5) is 5.69 Å². The Balaban J connectivity index is 2.03. The molecule has 1 saturated carbocycles. The van der Waals surface area contributed by atoms with Gasteiger partial charge in [0, 0.05) is 5.69 Å². The summed E-state index contributed by atoms with van der Waals surface area (Å²) in [5.41, 5.74) is 2.17. The number of carboxylic acid groups (broad SMARTS) is 1. The van der Waals surface area contributed by atoms with Gasteiger partial charge in [0.05, 0.1) is 0 Å². The number of hydrogen-bond donors (Lipinski definition) is 2. The maximum Gasteiger partial charge on any atom is 0.326 e. The van der Waals surface area contributed by atoms with Crippen LogP contribution in [-0.4, -0.2) is 17.1 Å². The minimum Gasteiger partial charge on any atom is -0.480 e. The number of carboxylic acids is 1. The molecule has 1 aromatic carbocycles. The van der Waals surface area contributed by atoms with Crippen LogP contribution in [0.2, 0.25) is 0 Å². The number of benzene rings is 1. The number of carbonyl (C=O) groups is 1. The summed E-state index contributed by atoms with van der Waals surface area (Å²) >= 11 is 0. The van der Waals surface area contributed by atoms with Gasteiger partial charge in [-0.05, 0) is 42.9 Å². The van der Waals surface area contributed by atoms with E-state index < -0.39 is 12.0 Å². The predicted octanol–water partition coefficient (Wildman–Crippen LogP) is 2.52. The molecule has 1 aliphatic rings. The Morgan fingerprint density at radius 2 is 2.06 bits per heavy atom. The van der Waals surface area contributed by atoms with Gasteiger partial charge >= 0.3 is 5.97 Å². The fourth-order valence-electron chi connectivity index (χ4n) is 1.83. The molecule has 16 heavy (non-hydrogen) atoms. The van der Waals surface area contributed by atoms with Gasteiger partial charge in [0.25, 0.3) is 0 Å². The number of rotatable bonds is 5. The second-order valence-electron chi connectivity index (χ2n) is 4.35. The van der Waals surface area contributed by atoms with Crippen molar-refractivity contribution in [1.29, 1.82) is 0 Å². The molecule has 1 unspecified atom stereocenters. The average Bonchev–Trinajstić information content (AvgIpc) is 3.10. The smallest absolute Gasteiger partial charge is 0.326 e. The Labute approximate surface area is 95.5 Å². The standard InChI is InChI=1S/C13H17NO2/c1-2-9-3-7-11(8-4-9)14-12(13(15)16)10-5-6-10/h3-4,7-8,10,12,14H,2,5-6H2,1H3,(H,15,16). The van der Waals surface area contributed by atoms with Crippen LogP contribution in [0.3, 0.4) is 0 Å². The highest BCUT2D eigenvalue weighted by Gasteiger charge is 2.36. The first-order valence-electron chi connectivity index (χ1n) is 5.79. The molecule has 0 saturated heterocycles. The summed E-state index contributed by atoms with van der Waals surface area (Å²) in [7, 11) is 0. The molecular formula is C13H17NO2. The van der Waals surface area contributed by atoms with E-state index in [2.05, 4.69) is 12.2 Å². The first kappa shape index (κ1) is 11.0. The lowest BCUT2D eigenvalue weighted by atomic mass is 10.1. The SMILES string of the molecule is CCc1ccc(NC(C(=O)O)C2CC2)cc1. The minimum absolute atomic E-state index is 0.309. The van der Waals surface area contributed by atoms with Crippen LogP contribution in [0, 0.1) is 5.92 Å². The molecule has 86 valence electrons. The topological polar surface area (TPSA) is 49.3 Å². The summed E-state index contributed by atoms with van der Waals surface area (Å²) in [5, 5.41) is 12.2. The lowest BCUT2D eigenvalue weighted by Crippen LogP contribution is -2.31. The quantitative estimate of drug-likeness (QED) is 0.800. The van der Waals surface area contributed by atoms with Crippen LogP contribution >= 0.6 is 0 Å². The van der Waals surface area contributed by atoms with Gasteiger partial charge in [0.15, 0.2) is 0 Å². The molecule has 1 aliphatic carbocycles. The molecule has 0 spiro atoms. The summed E-state index contributed by atoms with van der Waals surface area (Å²) in [6.07, 6.45) is 3.05. The van der Waals surface area contributed by atoms with Gasteiger partial charge in [-0.25, -0.2) is 4.79 Å². The van der Waals surface area contributed by atoms with Crippen molar-refractivity contribution in [3.63, 3.8) is 0 Å². The lowest BCUT2D eigenvalue weighted by Gasteiger charge is -2.15. The molecule has 0 radical (unpaired) electrons. The van der Waals surface area contributed by atoms with Crippen LogP contribution in [-0.2, 0) is 11.2 Å². The average molecular weight is 219 g/mol. The normalized spacial score (nSPS) is 16.8. The highest BCUT2D eigenvalue weighted by Crippen LogP contribution is 2.34. The molecule has 1 aromatic rings. The number of nitrogens with one attached hydrogen (secondary N) is 1. The Morgan fingerprint density at radius 3 is 2.50 bits per heavy atom. The van der Waals surface area contributed by atoms with E-state index in [1.165, 1.54) is 5.56 Å². The first-order chi connectivity index (χ1) is 7.70. The molecule has 1 fully saturated rings. The molecule has 0 bridgehead atoms. The van der Waals surface area contributed by atoms with Crippen LogP contribution < -0.4 is 5.32 Å². The second kappa shape index (κ2) is 4.56. The summed E-state index contributed by atoms with van der Waals surface area (Å²) in [6.45, 7) is 2.10. The van der Waals surface area contributed by atoms with Crippen LogP contribution in [0.1, 0.15) is 25.3 Å². The summed E-state index contributed by atoms with van der Waals surface area (Å²) in [6, 6.07) is 7.56. The zero-order chi connectivity index (χ0) is 11.5. The lowest BCUT2D eigenvalue weighted by molar-refractivity contribution is -0.138. The zero-order valence-electron chi connectivity index (χ0n) is 9.44. The van der Waals surface area contributed by atoms with E-state index >= 15 is 0 Å². The Morgan fingerprint density at radius 1 is 1.44 bits per heavy atom. The van der Waals surface area contributed by atoms with E-state index in [0.717, 1.165) is 24.9 Å². The molecule has 0 aromatic heterocycles. The molecule has 2 rings (SSSR count). The van der Waals surface area contributed by atoms with E-state index in [1.54, 1.807) is 0 Å². The number of aryl methyl sites for hydroxylation is 1. The monoisotopic (exact) mass is 219 g/mol. The fraction of sp³-hybridized carbons (Fsp3) is 0.462. The van der Waals surface area contributed by atoms with Crippen LogP contribution in [0.5, 0.6) is 0 Å². The van der Waals surface area contributed by atoms with Gasteiger partial charge < -0.3 is 10.4 Å². The summed E-state index contributed by atoms with van der Waals surface area (Å²) < 4.78 is 0. The molecule has 0 amide bonds. The molecule has 0 heterocycles. The van der Waals surface area contributed by atoms with Crippen molar-refractivity contribution in [3.8, 4) is 0 Å². The van der Waals surface area contributed by atoms with Crippen molar-refractivity contribution >= 4 is 11.7 Å². The van der Waals surface area contributed by atoms with Crippen LogP contribution in [0.15, 0.2) is 24.3 Å². The highest BCUT2D eigenvalue weighted by atomic mass is 16.4. The van der Waals surface area contributed by atoms with Crippen molar-refractivity contribution in [2.24, 2.45) is 5.92 Å². The molecule has 1 atom stereocenters. The molecular weight excluding hydrogens is 202 g/mol. The van der Waals surface area contributed by atoms with E-state index in [4.69, 9.17) is 5.11 Å². The largest absolute Gasteiger partial charge is 0.480 e. The fourth-order valence-corrected chi connectivity index (χ4v) is 1.83. The van der Waals surface area contributed by atoms with Crippen molar-refractivity contribution in [2.45, 2.75) is 32.2 Å². The van der Waals surface area contributed by atoms with Crippen LogP contribution in [0.25, 0.3) is 0 Å². The van der Waals surface area contributed by atoms with E-state index in [0.29, 0.717) is 5.92 Å². The molecule has 0 aliphatic heterocycles. The van der Waals surface area contributed by atoms with Crippen molar-refractivity contribution in [3.05, 3.63) is 29.8 Å². The van der Waals surface area contributed by atoms with Crippen molar-refractivity contribution in [2.75, 3.05) is 5.32 Å². The third-order valence-electron chi connectivity index (χ3n) is 3.04. The molecule has 2 N–H and O–H groups in total. The number of aliphatic carboxylic acids is 1. The van der Waals surface area contributed by atoms with Gasteiger partial charge in [-0.2, -0.15) is 0 Å². The van der Waals surface area contributed by atoms with E-state index in [9.17, 15) is 4.79 Å². The third kappa shape index (κ3) is 2.54. The molecule has 3 nitrogen and oxygen atoms in total. The Hall–Kier alpha value is -1.51.